The zero-order valence-corrected chi connectivity index (χ0v) is 13.3. The number of amides is 2. The van der Waals surface area contributed by atoms with Gasteiger partial charge in [0.1, 0.15) is 24.4 Å². The van der Waals surface area contributed by atoms with E-state index in [2.05, 4.69) is 6.58 Å². The van der Waals surface area contributed by atoms with E-state index >= 15 is 0 Å². The van der Waals surface area contributed by atoms with Crippen LogP contribution < -0.4 is 0 Å². The van der Waals surface area contributed by atoms with Gasteiger partial charge in [-0.05, 0) is 12.1 Å². The van der Waals surface area contributed by atoms with E-state index in [4.69, 9.17) is 9.47 Å². The first-order valence-electron chi connectivity index (χ1n) is 7.83. The number of benzene rings is 1. The highest BCUT2D eigenvalue weighted by atomic mass is 16.7. The molecule has 0 spiro atoms. The quantitative estimate of drug-likeness (QED) is 0.475. The Morgan fingerprint density at radius 1 is 1.16 bits per heavy atom. The molecule has 2 aliphatic heterocycles. The minimum atomic E-state index is -1.54. The zero-order chi connectivity index (χ0) is 18.1. The van der Waals surface area contributed by atoms with Crippen LogP contribution in [0.2, 0.25) is 0 Å². The van der Waals surface area contributed by atoms with Crippen LogP contribution in [-0.2, 0) is 9.47 Å². The number of aliphatic hydroxyl groups excluding tert-OH is 3. The maximum absolute atomic E-state index is 12.7. The summed E-state index contributed by atoms with van der Waals surface area (Å²) in [7, 11) is 0. The molecule has 0 unspecified atom stereocenters. The first-order valence-corrected chi connectivity index (χ1v) is 7.83. The van der Waals surface area contributed by atoms with Gasteiger partial charge in [-0.2, -0.15) is 0 Å². The van der Waals surface area contributed by atoms with E-state index in [1.807, 2.05) is 0 Å². The van der Waals surface area contributed by atoms with Crippen molar-refractivity contribution in [2.45, 2.75) is 30.6 Å². The van der Waals surface area contributed by atoms with Gasteiger partial charge in [0, 0.05) is 0 Å². The number of nitrogens with zero attached hydrogens (tertiary/aromatic N) is 1. The van der Waals surface area contributed by atoms with Gasteiger partial charge in [0.25, 0.3) is 11.8 Å². The molecule has 1 saturated heterocycles. The van der Waals surface area contributed by atoms with Gasteiger partial charge < -0.3 is 24.8 Å². The number of carbonyl (C=O) groups is 2. The molecule has 0 saturated carbocycles. The fraction of sp³-hybridized carbons (Fsp3) is 0.412. The van der Waals surface area contributed by atoms with Crippen LogP contribution >= 0.6 is 0 Å². The molecule has 2 heterocycles. The smallest absolute Gasteiger partial charge is 0.262 e. The minimum Gasteiger partial charge on any atom is -0.394 e. The molecule has 2 aliphatic rings. The van der Waals surface area contributed by atoms with Crippen LogP contribution in [0.25, 0.3) is 0 Å². The third-order valence-electron chi connectivity index (χ3n) is 4.35. The van der Waals surface area contributed by atoms with Gasteiger partial charge in [0.2, 0.25) is 0 Å². The van der Waals surface area contributed by atoms with Gasteiger partial charge in [-0.15, -0.1) is 6.58 Å². The minimum absolute atomic E-state index is 0.0330. The normalized spacial score (nSPS) is 32.0. The van der Waals surface area contributed by atoms with Crippen molar-refractivity contribution in [1.29, 1.82) is 0 Å². The van der Waals surface area contributed by atoms with Crippen molar-refractivity contribution < 1.29 is 34.4 Å². The highest BCUT2D eigenvalue weighted by Gasteiger charge is 2.53. The predicted molar refractivity (Wildman–Crippen MR) is 84.6 cm³/mol. The van der Waals surface area contributed by atoms with Crippen molar-refractivity contribution in [3.05, 3.63) is 48.0 Å². The molecule has 8 nitrogen and oxygen atoms in total. The van der Waals surface area contributed by atoms with Crippen molar-refractivity contribution in [1.82, 2.24) is 4.90 Å². The number of fused-ring (bicyclic) bond motifs is 1. The molecule has 0 bridgehead atoms. The van der Waals surface area contributed by atoms with Gasteiger partial charge in [-0.3, -0.25) is 14.5 Å². The molecule has 25 heavy (non-hydrogen) atoms. The maximum atomic E-state index is 12.7. The number of imide groups is 1. The molecule has 0 radical (unpaired) electrons. The van der Waals surface area contributed by atoms with Crippen LogP contribution in [0, 0.1) is 0 Å². The lowest BCUT2D eigenvalue weighted by molar-refractivity contribution is -0.276. The van der Waals surface area contributed by atoms with Crippen LogP contribution in [-0.4, -0.2) is 75.9 Å². The highest BCUT2D eigenvalue weighted by Crippen LogP contribution is 2.32. The van der Waals surface area contributed by atoms with Crippen molar-refractivity contribution in [2.75, 3.05) is 13.2 Å². The van der Waals surface area contributed by atoms with E-state index in [1.54, 1.807) is 12.1 Å². The summed E-state index contributed by atoms with van der Waals surface area (Å²) >= 11 is 0. The van der Waals surface area contributed by atoms with Crippen LogP contribution in [0.1, 0.15) is 20.7 Å². The lowest BCUT2D eigenvalue weighted by Crippen LogP contribution is -2.65. The van der Waals surface area contributed by atoms with Crippen LogP contribution in [0.4, 0.5) is 0 Å². The van der Waals surface area contributed by atoms with Crippen molar-refractivity contribution in [2.24, 2.45) is 0 Å². The molecular weight excluding hydrogens is 330 g/mol. The Morgan fingerprint density at radius 2 is 1.76 bits per heavy atom. The largest absolute Gasteiger partial charge is 0.394 e. The van der Waals surface area contributed by atoms with Gasteiger partial charge >= 0.3 is 0 Å². The van der Waals surface area contributed by atoms with E-state index in [0.717, 1.165) is 4.90 Å². The van der Waals surface area contributed by atoms with Crippen molar-refractivity contribution >= 4 is 11.8 Å². The summed E-state index contributed by atoms with van der Waals surface area (Å²) in [6.07, 6.45) is -3.90. The van der Waals surface area contributed by atoms with E-state index in [9.17, 15) is 24.9 Å². The summed E-state index contributed by atoms with van der Waals surface area (Å²) in [5, 5.41) is 29.9. The summed E-state index contributed by atoms with van der Waals surface area (Å²) in [4.78, 5) is 26.2. The Labute approximate surface area is 143 Å². The molecule has 3 rings (SSSR count). The highest BCUT2D eigenvalue weighted by molar-refractivity contribution is 6.21. The standard InChI is InChI=1S/C17H19NO7/c1-2-7-24-17-12(14(21)13(20)11(8-19)25-17)18-15(22)9-5-3-4-6-10(9)16(18)23/h2-6,11-14,17,19-21H,1,7-8H2/t11-,12-,13-,14+,17+/m1/s1. The Balaban J connectivity index is 1.96. The second-order valence-corrected chi connectivity index (χ2v) is 5.85. The average molecular weight is 349 g/mol. The molecule has 8 heteroatoms. The Kier molecular flexibility index (Phi) is 4.98. The van der Waals surface area contributed by atoms with E-state index in [0.29, 0.717) is 0 Å². The Bertz CT molecular complexity index is 656. The third-order valence-corrected chi connectivity index (χ3v) is 4.35. The Morgan fingerprint density at radius 3 is 2.28 bits per heavy atom. The maximum Gasteiger partial charge on any atom is 0.262 e. The number of hydrogen-bond acceptors (Lipinski definition) is 7. The van der Waals surface area contributed by atoms with E-state index in [1.165, 1.54) is 18.2 Å². The van der Waals surface area contributed by atoms with E-state index < -0.39 is 49.1 Å². The summed E-state index contributed by atoms with van der Waals surface area (Å²) < 4.78 is 10.9. The fourth-order valence-corrected chi connectivity index (χ4v) is 3.12. The number of aliphatic hydroxyl groups is 3. The predicted octanol–water partition coefficient (Wildman–Crippen LogP) is -0.707. The molecule has 2 amide bonds. The van der Waals surface area contributed by atoms with Gasteiger partial charge in [-0.1, -0.05) is 18.2 Å². The molecule has 0 aliphatic carbocycles. The summed E-state index contributed by atoms with van der Waals surface area (Å²) in [6, 6.07) is 5.02. The molecular formula is C17H19NO7. The third kappa shape index (κ3) is 2.88. The molecule has 3 N–H and O–H groups in total. The second-order valence-electron chi connectivity index (χ2n) is 5.85. The SMILES string of the molecule is C=CCO[C@H]1O[C@H](CO)[C@@H](O)[C@@H](O)[C@H]1N1C(=O)c2ccccc2C1=O. The summed E-state index contributed by atoms with van der Waals surface area (Å²) in [6.45, 7) is 2.99. The molecule has 1 fully saturated rings. The zero-order valence-electron chi connectivity index (χ0n) is 13.3. The summed E-state index contributed by atoms with van der Waals surface area (Å²) in [5.74, 6) is -1.20. The monoisotopic (exact) mass is 349 g/mol. The lowest BCUT2D eigenvalue weighted by Gasteiger charge is -2.44. The Hall–Kier alpha value is -2.10. The van der Waals surface area contributed by atoms with Crippen LogP contribution in [0.5, 0.6) is 0 Å². The lowest BCUT2D eigenvalue weighted by atomic mass is 9.95. The molecule has 1 aromatic carbocycles. The molecule has 1 aromatic rings. The first kappa shape index (κ1) is 17.7. The van der Waals surface area contributed by atoms with E-state index in [-0.39, 0.29) is 17.7 Å². The fourth-order valence-electron chi connectivity index (χ4n) is 3.12. The van der Waals surface area contributed by atoms with Crippen molar-refractivity contribution in [3.8, 4) is 0 Å². The summed E-state index contributed by atoms with van der Waals surface area (Å²) in [5.41, 5.74) is 0.418. The number of carbonyl (C=O) groups excluding carboxylic acids is 2. The first-order chi connectivity index (χ1) is 12.0. The molecule has 134 valence electrons. The molecule has 0 aromatic heterocycles. The van der Waals surface area contributed by atoms with Crippen LogP contribution in [0.15, 0.2) is 36.9 Å². The molecule has 5 atom stereocenters. The average Bonchev–Trinajstić information content (AvgIpc) is 2.87. The number of rotatable bonds is 5. The second kappa shape index (κ2) is 7.03. The number of ether oxygens (including phenoxy) is 2. The van der Waals surface area contributed by atoms with Gasteiger partial charge in [-0.25, -0.2) is 0 Å². The topological polar surface area (TPSA) is 117 Å². The van der Waals surface area contributed by atoms with Crippen LogP contribution in [0.3, 0.4) is 0 Å². The number of hydrogen-bond donors (Lipinski definition) is 3. The van der Waals surface area contributed by atoms with Gasteiger partial charge in [0.15, 0.2) is 6.29 Å². The van der Waals surface area contributed by atoms with Gasteiger partial charge in [0.05, 0.1) is 24.3 Å². The van der Waals surface area contributed by atoms with Crippen molar-refractivity contribution in [3.63, 3.8) is 0 Å².